The van der Waals surface area contributed by atoms with E-state index in [0.29, 0.717) is 24.6 Å². The van der Waals surface area contributed by atoms with E-state index in [2.05, 4.69) is 66.9 Å². The number of benzene rings is 1. The predicted octanol–water partition coefficient (Wildman–Crippen LogP) is 4.28. The molecule has 0 spiro atoms. The molecule has 170 valence electrons. The molecule has 33 heavy (non-hydrogen) atoms. The van der Waals surface area contributed by atoms with Crippen molar-refractivity contribution in [1.82, 2.24) is 40.4 Å². The van der Waals surface area contributed by atoms with Gasteiger partial charge in [0.25, 0.3) is 0 Å². The molecule has 0 aliphatic carbocycles. The number of hydrogen-bond donors (Lipinski definition) is 1. The molecule has 3 heterocycles. The average Bonchev–Trinajstić information content (AvgIpc) is 3.51. The Hall–Kier alpha value is -3.75. The van der Waals surface area contributed by atoms with Crippen molar-refractivity contribution in [3.63, 3.8) is 0 Å². The van der Waals surface area contributed by atoms with E-state index in [4.69, 9.17) is 0 Å². The molecule has 9 nitrogen and oxygen atoms in total. The van der Waals surface area contributed by atoms with Crippen molar-refractivity contribution < 1.29 is 4.79 Å². The summed E-state index contributed by atoms with van der Waals surface area (Å²) in [5, 5.41) is 18.7. The van der Waals surface area contributed by atoms with Gasteiger partial charge in [-0.15, -0.1) is 10.2 Å². The number of nitrogens with one attached hydrogen (secondary N) is 1. The number of nitrogens with zero attached hydrogens (tertiary/aromatic N) is 7. The molecule has 0 unspecified atom stereocenters. The zero-order valence-electron chi connectivity index (χ0n) is 19.0. The third-order valence-electron chi connectivity index (χ3n) is 5.50. The van der Waals surface area contributed by atoms with Gasteiger partial charge in [0.2, 0.25) is 11.6 Å². The molecule has 0 radical (unpaired) electrons. The largest absolute Gasteiger partial charge is 0.291 e. The van der Waals surface area contributed by atoms with Gasteiger partial charge in [0.05, 0.1) is 6.54 Å². The first-order chi connectivity index (χ1) is 16.2. The highest BCUT2D eigenvalue weighted by Crippen LogP contribution is 2.29. The highest BCUT2D eigenvalue weighted by Gasteiger charge is 2.16. The second kappa shape index (κ2) is 10.7. The molecule has 4 aromatic rings. The summed E-state index contributed by atoms with van der Waals surface area (Å²) in [4.78, 5) is 21.1. The summed E-state index contributed by atoms with van der Waals surface area (Å²) >= 11 is 0. The standard InChI is InChI=1S/C24H28N8O/c1-3-5-6-8-22-26-24(21(33)7-4-2)29-32(22)16-17-9-11-18(12-10-17)19-13-14-25-15-20(19)23-27-30-31-28-23/h9-15H,3-8,16H2,1-2H3,(H,27,28,30,31). The predicted molar refractivity (Wildman–Crippen MR) is 124 cm³/mol. The van der Waals surface area contributed by atoms with E-state index in [0.717, 1.165) is 60.2 Å². The molecule has 0 fully saturated rings. The number of aryl methyl sites for hydroxylation is 1. The fourth-order valence-electron chi connectivity index (χ4n) is 3.75. The highest BCUT2D eigenvalue weighted by molar-refractivity contribution is 5.92. The lowest BCUT2D eigenvalue weighted by atomic mass is 10.00. The minimum absolute atomic E-state index is 0.00969. The molecule has 0 bridgehead atoms. The Morgan fingerprint density at radius 3 is 2.61 bits per heavy atom. The Bertz CT molecular complexity index is 1180. The van der Waals surface area contributed by atoms with Gasteiger partial charge in [0.15, 0.2) is 5.82 Å². The van der Waals surface area contributed by atoms with Crippen LogP contribution in [0.2, 0.25) is 0 Å². The summed E-state index contributed by atoms with van der Waals surface area (Å²) in [5.74, 6) is 1.80. The lowest BCUT2D eigenvalue weighted by Gasteiger charge is -2.09. The van der Waals surface area contributed by atoms with Crippen LogP contribution in [-0.2, 0) is 13.0 Å². The fraction of sp³-hybridized carbons (Fsp3) is 0.375. The number of aromatic nitrogens is 8. The van der Waals surface area contributed by atoms with E-state index >= 15 is 0 Å². The van der Waals surface area contributed by atoms with Crippen LogP contribution in [0, 0.1) is 0 Å². The number of tetrazole rings is 1. The molecular weight excluding hydrogens is 416 g/mol. The summed E-state index contributed by atoms with van der Waals surface area (Å²) in [7, 11) is 0. The molecule has 1 N–H and O–H groups in total. The minimum Gasteiger partial charge on any atom is -0.291 e. The average molecular weight is 445 g/mol. The molecule has 0 atom stereocenters. The van der Waals surface area contributed by atoms with Gasteiger partial charge in [-0.3, -0.25) is 9.78 Å². The Balaban J connectivity index is 1.56. The van der Waals surface area contributed by atoms with Gasteiger partial charge in [-0.1, -0.05) is 51.0 Å². The zero-order chi connectivity index (χ0) is 23.0. The van der Waals surface area contributed by atoms with Crippen molar-refractivity contribution in [2.45, 2.75) is 58.9 Å². The second-order valence-electron chi connectivity index (χ2n) is 8.01. The van der Waals surface area contributed by atoms with Crippen LogP contribution in [0.1, 0.15) is 68.0 Å². The zero-order valence-corrected chi connectivity index (χ0v) is 19.0. The maximum Gasteiger partial charge on any atom is 0.217 e. The van der Waals surface area contributed by atoms with Crippen LogP contribution in [0.4, 0.5) is 0 Å². The van der Waals surface area contributed by atoms with Crippen molar-refractivity contribution in [2.75, 3.05) is 0 Å². The molecule has 0 saturated carbocycles. The third-order valence-corrected chi connectivity index (χ3v) is 5.50. The van der Waals surface area contributed by atoms with E-state index in [1.165, 1.54) is 0 Å². The summed E-state index contributed by atoms with van der Waals surface area (Å²) in [5.41, 5.74) is 3.95. The van der Waals surface area contributed by atoms with Crippen LogP contribution in [0.15, 0.2) is 42.7 Å². The Labute approximate surface area is 192 Å². The van der Waals surface area contributed by atoms with E-state index in [-0.39, 0.29) is 5.78 Å². The first kappa shape index (κ1) is 22.4. The van der Waals surface area contributed by atoms with Gasteiger partial charge >= 0.3 is 0 Å². The van der Waals surface area contributed by atoms with Crippen molar-refractivity contribution in [1.29, 1.82) is 0 Å². The van der Waals surface area contributed by atoms with Gasteiger partial charge in [0, 0.05) is 30.8 Å². The third kappa shape index (κ3) is 5.36. The van der Waals surface area contributed by atoms with E-state index in [9.17, 15) is 4.79 Å². The molecule has 0 aliphatic heterocycles. The topological polar surface area (TPSA) is 115 Å². The van der Waals surface area contributed by atoms with Gasteiger partial charge in [0.1, 0.15) is 5.82 Å². The first-order valence-corrected chi connectivity index (χ1v) is 11.4. The van der Waals surface area contributed by atoms with Gasteiger partial charge < -0.3 is 0 Å². The quantitative estimate of drug-likeness (QED) is 0.271. The minimum atomic E-state index is 0.00969. The highest BCUT2D eigenvalue weighted by atomic mass is 16.1. The van der Waals surface area contributed by atoms with Crippen LogP contribution in [0.5, 0.6) is 0 Å². The van der Waals surface area contributed by atoms with Crippen LogP contribution in [0.25, 0.3) is 22.5 Å². The maximum atomic E-state index is 12.4. The molecule has 1 aromatic carbocycles. The molecule has 4 rings (SSSR count). The SMILES string of the molecule is CCCCCc1nc(C(=O)CCC)nn1Cc1ccc(-c2ccncc2-c2nnn[nH]2)cc1. The van der Waals surface area contributed by atoms with Gasteiger partial charge in [-0.25, -0.2) is 14.8 Å². The molecule has 0 aliphatic rings. The van der Waals surface area contributed by atoms with Crippen LogP contribution in [-0.4, -0.2) is 46.2 Å². The number of pyridine rings is 1. The molecule has 9 heteroatoms. The number of ketones is 1. The number of carbonyl (C=O) groups excluding carboxylic acids is 1. The molecule has 0 saturated heterocycles. The summed E-state index contributed by atoms with van der Waals surface area (Å²) < 4.78 is 1.88. The second-order valence-corrected chi connectivity index (χ2v) is 8.01. The Kier molecular flexibility index (Phi) is 7.29. The number of Topliss-reactive ketones (excluding diaryl/α,β-unsaturated/α-hetero) is 1. The van der Waals surface area contributed by atoms with Crippen molar-refractivity contribution in [2.24, 2.45) is 0 Å². The lowest BCUT2D eigenvalue weighted by molar-refractivity contribution is 0.0971. The normalized spacial score (nSPS) is 11.1. The van der Waals surface area contributed by atoms with Crippen LogP contribution in [0.3, 0.4) is 0 Å². The van der Waals surface area contributed by atoms with E-state index < -0.39 is 0 Å². The molecular formula is C24H28N8O. The van der Waals surface area contributed by atoms with Gasteiger partial charge in [-0.2, -0.15) is 0 Å². The first-order valence-electron chi connectivity index (χ1n) is 11.4. The number of carbonyl (C=O) groups is 1. The van der Waals surface area contributed by atoms with Crippen LogP contribution >= 0.6 is 0 Å². The van der Waals surface area contributed by atoms with E-state index in [1.807, 2.05) is 17.7 Å². The fourth-order valence-corrected chi connectivity index (χ4v) is 3.75. The number of aromatic amines is 1. The lowest BCUT2D eigenvalue weighted by Crippen LogP contribution is -2.08. The number of H-pyrrole nitrogens is 1. The number of rotatable bonds is 11. The number of unbranched alkanes of at least 4 members (excludes halogenated alkanes) is 2. The summed E-state index contributed by atoms with van der Waals surface area (Å²) in [6, 6.07) is 10.2. The van der Waals surface area contributed by atoms with Crippen molar-refractivity contribution in [3.8, 4) is 22.5 Å². The summed E-state index contributed by atoms with van der Waals surface area (Å²) in [6.45, 7) is 4.74. The van der Waals surface area contributed by atoms with Crippen LogP contribution < -0.4 is 0 Å². The van der Waals surface area contributed by atoms with Gasteiger partial charge in [-0.05, 0) is 46.0 Å². The van der Waals surface area contributed by atoms with Crippen molar-refractivity contribution in [3.05, 3.63) is 59.9 Å². The van der Waals surface area contributed by atoms with Crippen molar-refractivity contribution >= 4 is 5.78 Å². The monoisotopic (exact) mass is 444 g/mol. The molecule has 0 amide bonds. The maximum absolute atomic E-state index is 12.4. The Morgan fingerprint density at radius 1 is 1.03 bits per heavy atom. The molecule has 3 aromatic heterocycles. The smallest absolute Gasteiger partial charge is 0.217 e. The Morgan fingerprint density at radius 2 is 1.88 bits per heavy atom. The summed E-state index contributed by atoms with van der Waals surface area (Å²) in [6.07, 6.45) is 8.90. The van der Waals surface area contributed by atoms with E-state index in [1.54, 1.807) is 12.4 Å². The number of hydrogen-bond acceptors (Lipinski definition) is 7.